The van der Waals surface area contributed by atoms with Crippen molar-refractivity contribution in [3.05, 3.63) is 23.1 Å². The van der Waals surface area contributed by atoms with Gasteiger partial charge in [-0.15, -0.1) is 0 Å². The number of aromatic nitrogens is 3. The second kappa shape index (κ2) is 6.20. The van der Waals surface area contributed by atoms with Crippen LogP contribution in [0.4, 0.5) is 0 Å². The van der Waals surface area contributed by atoms with Crippen LogP contribution in [0.3, 0.4) is 0 Å². The van der Waals surface area contributed by atoms with E-state index in [4.69, 9.17) is 0 Å². The predicted octanol–water partition coefficient (Wildman–Crippen LogP) is 2.09. The molecule has 0 radical (unpaired) electrons. The van der Waals surface area contributed by atoms with Gasteiger partial charge in [0.1, 0.15) is 0 Å². The Balaban J connectivity index is 1.61. The smallest absolute Gasteiger partial charge is 0.177 e. The molecule has 2 atom stereocenters. The van der Waals surface area contributed by atoms with Gasteiger partial charge in [-0.05, 0) is 54.2 Å². The summed E-state index contributed by atoms with van der Waals surface area (Å²) in [6.45, 7) is 1.92. The number of hydrogen-bond donors (Lipinski definition) is 2. The molecule has 0 amide bonds. The number of piperidine rings is 1. The van der Waals surface area contributed by atoms with Crippen LogP contribution in [0.5, 0.6) is 0 Å². The molecule has 0 aliphatic carbocycles. The van der Waals surface area contributed by atoms with Crippen LogP contribution in [0.2, 0.25) is 0 Å². The van der Waals surface area contributed by atoms with Gasteiger partial charge in [-0.25, -0.2) is 9.97 Å². The summed E-state index contributed by atoms with van der Waals surface area (Å²) in [5, 5.41) is 13.3. The average molecular weight is 339 g/mol. The molecule has 0 bridgehead atoms. The van der Waals surface area contributed by atoms with Gasteiger partial charge >= 0.3 is 0 Å². The molecule has 20 heavy (non-hydrogen) atoms. The third-order valence-electron chi connectivity index (χ3n) is 3.90. The zero-order valence-electron chi connectivity index (χ0n) is 11.3. The fraction of sp³-hybridized carbons (Fsp3) is 0.571. The van der Waals surface area contributed by atoms with Gasteiger partial charge < -0.3 is 15.0 Å². The summed E-state index contributed by atoms with van der Waals surface area (Å²) in [4.78, 5) is 8.59. The molecule has 2 aromatic rings. The lowest BCUT2D eigenvalue weighted by atomic mass is 9.97. The number of nitrogens with zero attached hydrogens (tertiary/aromatic N) is 3. The van der Waals surface area contributed by atoms with Crippen LogP contribution >= 0.6 is 15.9 Å². The molecule has 3 rings (SSSR count). The van der Waals surface area contributed by atoms with E-state index in [0.717, 1.165) is 54.4 Å². The Bertz CT molecular complexity index is 586. The van der Waals surface area contributed by atoms with Crippen molar-refractivity contribution in [1.82, 2.24) is 19.9 Å². The summed E-state index contributed by atoms with van der Waals surface area (Å²) in [6, 6.07) is 2.28. The van der Waals surface area contributed by atoms with Crippen molar-refractivity contribution in [2.45, 2.75) is 44.4 Å². The number of hydrogen-bond acceptors (Lipinski definition) is 4. The predicted molar refractivity (Wildman–Crippen MR) is 81.5 cm³/mol. The van der Waals surface area contributed by atoms with Gasteiger partial charge in [-0.2, -0.15) is 0 Å². The van der Waals surface area contributed by atoms with E-state index in [0.29, 0.717) is 0 Å². The molecule has 5 nitrogen and oxygen atoms in total. The van der Waals surface area contributed by atoms with Crippen LogP contribution in [0.15, 0.2) is 23.1 Å². The first kappa shape index (κ1) is 14.0. The molecule has 3 heterocycles. The first-order valence-electron chi connectivity index (χ1n) is 7.12. The number of aliphatic hydroxyl groups excluding tert-OH is 1. The summed E-state index contributed by atoms with van der Waals surface area (Å²) in [6.07, 6.45) is 7.41. The van der Waals surface area contributed by atoms with E-state index in [1.807, 2.05) is 12.4 Å². The van der Waals surface area contributed by atoms with Crippen molar-refractivity contribution >= 4 is 27.1 Å². The normalized spacial score (nSPS) is 23.3. The van der Waals surface area contributed by atoms with Gasteiger partial charge in [0, 0.05) is 23.3 Å². The van der Waals surface area contributed by atoms with E-state index in [9.17, 15) is 5.11 Å². The van der Waals surface area contributed by atoms with E-state index in [1.165, 1.54) is 0 Å². The third-order valence-corrected chi connectivity index (χ3v) is 4.34. The Kier molecular flexibility index (Phi) is 4.33. The van der Waals surface area contributed by atoms with Gasteiger partial charge in [-0.3, -0.25) is 0 Å². The minimum absolute atomic E-state index is 0.195. The van der Waals surface area contributed by atoms with Gasteiger partial charge in [0.15, 0.2) is 5.65 Å². The molecule has 1 aliphatic heterocycles. The Hall–Kier alpha value is -0.980. The molecule has 1 fully saturated rings. The van der Waals surface area contributed by atoms with Crippen LogP contribution in [0.1, 0.15) is 25.7 Å². The standard InChI is InChI=1S/C14H19BrN4O/c15-10-7-12-14(17-8-10)18-9-19(12)6-2-3-11-13(20)4-1-5-16-11/h7-9,11,13,16,20H,1-6H2/t11-,13+/m1/s1. The number of pyridine rings is 1. The van der Waals surface area contributed by atoms with Crippen LogP contribution in [-0.2, 0) is 6.54 Å². The van der Waals surface area contributed by atoms with E-state index < -0.39 is 0 Å². The fourth-order valence-electron chi connectivity index (χ4n) is 2.81. The maximum atomic E-state index is 9.94. The van der Waals surface area contributed by atoms with Gasteiger partial charge in [0.2, 0.25) is 0 Å². The maximum absolute atomic E-state index is 9.94. The lowest BCUT2D eigenvalue weighted by Crippen LogP contribution is -2.44. The second-order valence-electron chi connectivity index (χ2n) is 5.35. The number of aliphatic hydroxyl groups is 1. The zero-order valence-corrected chi connectivity index (χ0v) is 12.9. The minimum atomic E-state index is -0.195. The van der Waals surface area contributed by atoms with Crippen LogP contribution in [0.25, 0.3) is 11.2 Å². The van der Waals surface area contributed by atoms with E-state index in [-0.39, 0.29) is 12.1 Å². The highest BCUT2D eigenvalue weighted by molar-refractivity contribution is 9.10. The maximum Gasteiger partial charge on any atom is 0.177 e. The Labute approximate surface area is 126 Å². The average Bonchev–Trinajstić information content (AvgIpc) is 2.83. The highest BCUT2D eigenvalue weighted by Gasteiger charge is 2.21. The largest absolute Gasteiger partial charge is 0.392 e. The molecular weight excluding hydrogens is 320 g/mol. The summed E-state index contributed by atoms with van der Waals surface area (Å²) in [5.74, 6) is 0. The first-order valence-corrected chi connectivity index (χ1v) is 7.91. The zero-order chi connectivity index (χ0) is 13.9. The van der Waals surface area contributed by atoms with E-state index in [2.05, 4.69) is 35.8 Å². The van der Waals surface area contributed by atoms with Crippen molar-refractivity contribution < 1.29 is 5.11 Å². The van der Waals surface area contributed by atoms with Gasteiger partial charge in [-0.1, -0.05) is 0 Å². The van der Waals surface area contributed by atoms with Crippen molar-refractivity contribution in [2.75, 3.05) is 6.54 Å². The molecule has 0 aromatic carbocycles. The molecule has 0 spiro atoms. The number of fused-ring (bicyclic) bond motifs is 1. The van der Waals surface area contributed by atoms with Gasteiger partial charge in [0.25, 0.3) is 0 Å². The van der Waals surface area contributed by atoms with Crippen LogP contribution < -0.4 is 5.32 Å². The van der Waals surface area contributed by atoms with Crippen LogP contribution in [0, 0.1) is 0 Å². The van der Waals surface area contributed by atoms with E-state index >= 15 is 0 Å². The number of nitrogens with one attached hydrogen (secondary N) is 1. The number of rotatable bonds is 4. The van der Waals surface area contributed by atoms with Crippen LogP contribution in [-0.4, -0.2) is 38.3 Å². The molecule has 108 valence electrons. The van der Waals surface area contributed by atoms with Crippen molar-refractivity contribution in [1.29, 1.82) is 0 Å². The molecular formula is C14H19BrN4O. The first-order chi connectivity index (χ1) is 9.74. The Morgan fingerprint density at radius 1 is 1.45 bits per heavy atom. The fourth-order valence-corrected chi connectivity index (χ4v) is 3.13. The highest BCUT2D eigenvalue weighted by Crippen LogP contribution is 2.18. The molecule has 1 aliphatic rings. The molecule has 6 heteroatoms. The second-order valence-corrected chi connectivity index (χ2v) is 6.26. The molecule has 2 aromatic heterocycles. The van der Waals surface area contributed by atoms with Gasteiger partial charge in [0.05, 0.1) is 17.9 Å². The van der Waals surface area contributed by atoms with Crippen molar-refractivity contribution in [3.63, 3.8) is 0 Å². The topological polar surface area (TPSA) is 63.0 Å². The number of imidazole rings is 1. The molecule has 0 unspecified atom stereocenters. The molecule has 0 saturated carbocycles. The highest BCUT2D eigenvalue weighted by atomic mass is 79.9. The van der Waals surface area contributed by atoms with Crippen molar-refractivity contribution in [2.24, 2.45) is 0 Å². The number of aryl methyl sites for hydroxylation is 1. The lowest BCUT2D eigenvalue weighted by Gasteiger charge is -2.28. The monoisotopic (exact) mass is 338 g/mol. The summed E-state index contributed by atoms with van der Waals surface area (Å²) < 4.78 is 3.10. The third kappa shape index (κ3) is 3.02. The SMILES string of the molecule is O[C@H]1CCCN[C@@H]1CCCn1cnc2ncc(Br)cc21. The Morgan fingerprint density at radius 2 is 2.35 bits per heavy atom. The van der Waals surface area contributed by atoms with Crippen molar-refractivity contribution in [3.8, 4) is 0 Å². The van der Waals surface area contributed by atoms with E-state index in [1.54, 1.807) is 6.20 Å². The minimum Gasteiger partial charge on any atom is -0.392 e. The lowest BCUT2D eigenvalue weighted by molar-refractivity contribution is 0.0909. The summed E-state index contributed by atoms with van der Waals surface area (Å²) in [7, 11) is 0. The molecule has 2 N–H and O–H groups in total. The molecule has 1 saturated heterocycles. The summed E-state index contributed by atoms with van der Waals surface area (Å²) in [5.41, 5.74) is 1.83. The summed E-state index contributed by atoms with van der Waals surface area (Å²) >= 11 is 3.44. The Morgan fingerprint density at radius 3 is 3.20 bits per heavy atom. The quantitative estimate of drug-likeness (QED) is 0.895. The number of halogens is 1.